The maximum atomic E-state index is 12.0. The van der Waals surface area contributed by atoms with Crippen LogP contribution in [0.2, 0.25) is 5.02 Å². The van der Waals surface area contributed by atoms with Gasteiger partial charge in [-0.05, 0) is 24.6 Å². The number of hydrogen-bond acceptors (Lipinski definition) is 3. The monoisotopic (exact) mass is 251 g/mol. The molecule has 90 valence electrons. The summed E-state index contributed by atoms with van der Waals surface area (Å²) in [7, 11) is 0. The summed E-state index contributed by atoms with van der Waals surface area (Å²) >= 11 is 6.19. The third kappa shape index (κ3) is 1.68. The molecule has 1 amide bonds. The molecule has 0 bridgehead atoms. The molecule has 1 fully saturated rings. The molecule has 2 aliphatic rings. The third-order valence-corrected chi connectivity index (χ3v) is 3.62. The Morgan fingerprint density at radius 2 is 2.29 bits per heavy atom. The summed E-state index contributed by atoms with van der Waals surface area (Å²) in [6.45, 7) is 4.44. The van der Waals surface area contributed by atoms with E-state index in [4.69, 9.17) is 11.6 Å². The van der Waals surface area contributed by atoms with E-state index >= 15 is 0 Å². The maximum Gasteiger partial charge on any atom is 0.248 e. The Labute approximate surface area is 105 Å². The fourth-order valence-electron chi connectivity index (χ4n) is 2.51. The summed E-state index contributed by atoms with van der Waals surface area (Å²) in [5, 5.41) is 6.76. The summed E-state index contributed by atoms with van der Waals surface area (Å²) in [6.07, 6.45) is 0. The van der Waals surface area contributed by atoms with Crippen molar-refractivity contribution >= 4 is 28.9 Å². The Kier molecular flexibility index (Phi) is 2.49. The van der Waals surface area contributed by atoms with Gasteiger partial charge >= 0.3 is 0 Å². The fraction of sp³-hybridized carbons (Fsp3) is 0.417. The molecular formula is C12H14ClN3O. The van der Waals surface area contributed by atoms with Gasteiger partial charge in [0.1, 0.15) is 6.04 Å². The van der Waals surface area contributed by atoms with Gasteiger partial charge in [0.25, 0.3) is 0 Å². The van der Waals surface area contributed by atoms with Crippen molar-refractivity contribution in [1.29, 1.82) is 0 Å². The number of anilines is 2. The first-order chi connectivity index (χ1) is 8.16. The predicted molar refractivity (Wildman–Crippen MR) is 68.8 cm³/mol. The van der Waals surface area contributed by atoms with Gasteiger partial charge in [0, 0.05) is 19.6 Å². The first-order valence-electron chi connectivity index (χ1n) is 5.75. The van der Waals surface area contributed by atoms with Crippen molar-refractivity contribution in [1.82, 2.24) is 5.32 Å². The van der Waals surface area contributed by atoms with Crippen molar-refractivity contribution in [3.05, 3.63) is 22.7 Å². The molecule has 0 aromatic heterocycles. The summed E-state index contributed by atoms with van der Waals surface area (Å²) in [5.74, 6) is 0.0236. The first kappa shape index (κ1) is 10.9. The SMILES string of the molecule is Cc1cc(Cl)c2c(c1)N1CCNCC1C(=O)N2. The second-order valence-corrected chi connectivity index (χ2v) is 4.95. The second kappa shape index (κ2) is 3.89. The van der Waals surface area contributed by atoms with Gasteiger partial charge in [-0.1, -0.05) is 11.6 Å². The minimum absolute atomic E-state index is 0.0236. The lowest BCUT2D eigenvalue weighted by Crippen LogP contribution is -2.58. The molecule has 0 radical (unpaired) electrons. The number of carbonyl (C=O) groups is 1. The van der Waals surface area contributed by atoms with E-state index < -0.39 is 0 Å². The van der Waals surface area contributed by atoms with Crippen molar-refractivity contribution in [2.75, 3.05) is 29.9 Å². The van der Waals surface area contributed by atoms with Gasteiger partial charge in [0.15, 0.2) is 0 Å². The molecule has 1 saturated heterocycles. The number of nitrogens with zero attached hydrogens (tertiary/aromatic N) is 1. The number of benzene rings is 1. The highest BCUT2D eigenvalue weighted by Gasteiger charge is 2.35. The lowest BCUT2D eigenvalue weighted by atomic mass is 10.0. The normalized spacial score (nSPS) is 22.8. The molecule has 0 saturated carbocycles. The highest BCUT2D eigenvalue weighted by molar-refractivity contribution is 6.35. The van der Waals surface area contributed by atoms with Crippen LogP contribution in [0.25, 0.3) is 0 Å². The zero-order valence-corrected chi connectivity index (χ0v) is 10.3. The van der Waals surface area contributed by atoms with Gasteiger partial charge in [-0.15, -0.1) is 0 Å². The van der Waals surface area contributed by atoms with E-state index in [1.807, 2.05) is 13.0 Å². The number of rotatable bonds is 0. The molecule has 0 aliphatic carbocycles. The average molecular weight is 252 g/mol. The molecule has 1 unspecified atom stereocenters. The number of hydrogen-bond donors (Lipinski definition) is 2. The Hall–Kier alpha value is -1.26. The Balaban J connectivity index is 2.13. The topological polar surface area (TPSA) is 44.4 Å². The third-order valence-electron chi connectivity index (χ3n) is 3.32. The van der Waals surface area contributed by atoms with E-state index in [1.165, 1.54) is 0 Å². The van der Waals surface area contributed by atoms with E-state index in [0.29, 0.717) is 11.6 Å². The minimum atomic E-state index is -0.117. The molecule has 1 aromatic rings. The van der Waals surface area contributed by atoms with Crippen LogP contribution in [0.4, 0.5) is 11.4 Å². The van der Waals surface area contributed by atoms with Gasteiger partial charge in [-0.25, -0.2) is 0 Å². The van der Waals surface area contributed by atoms with Gasteiger partial charge in [0.05, 0.1) is 16.4 Å². The van der Waals surface area contributed by atoms with E-state index in [2.05, 4.69) is 21.6 Å². The van der Waals surface area contributed by atoms with Crippen molar-refractivity contribution in [3.8, 4) is 0 Å². The first-order valence-corrected chi connectivity index (χ1v) is 6.13. The molecule has 0 spiro atoms. The summed E-state index contributed by atoms with van der Waals surface area (Å²) < 4.78 is 0. The molecule has 2 aliphatic heterocycles. The highest BCUT2D eigenvalue weighted by atomic mass is 35.5. The van der Waals surface area contributed by atoms with Crippen LogP contribution in [0.5, 0.6) is 0 Å². The van der Waals surface area contributed by atoms with Crippen LogP contribution in [-0.2, 0) is 4.79 Å². The largest absolute Gasteiger partial charge is 0.355 e. The van der Waals surface area contributed by atoms with Crippen LogP contribution in [0, 0.1) is 6.92 Å². The summed E-state index contributed by atoms with van der Waals surface area (Å²) in [4.78, 5) is 14.1. The molecule has 4 nitrogen and oxygen atoms in total. The number of aryl methyl sites for hydroxylation is 1. The van der Waals surface area contributed by atoms with E-state index in [1.54, 1.807) is 0 Å². The van der Waals surface area contributed by atoms with Crippen molar-refractivity contribution < 1.29 is 4.79 Å². The van der Waals surface area contributed by atoms with Crippen molar-refractivity contribution in [2.45, 2.75) is 13.0 Å². The molecule has 1 atom stereocenters. The smallest absolute Gasteiger partial charge is 0.248 e. The van der Waals surface area contributed by atoms with Crippen LogP contribution in [0.15, 0.2) is 12.1 Å². The van der Waals surface area contributed by atoms with E-state index in [9.17, 15) is 4.79 Å². The van der Waals surface area contributed by atoms with Crippen molar-refractivity contribution in [2.24, 2.45) is 0 Å². The predicted octanol–water partition coefficient (Wildman–Crippen LogP) is 1.38. The van der Waals surface area contributed by atoms with Crippen LogP contribution >= 0.6 is 11.6 Å². The van der Waals surface area contributed by atoms with Crippen LogP contribution in [0.3, 0.4) is 0 Å². The van der Waals surface area contributed by atoms with Crippen LogP contribution in [-0.4, -0.2) is 31.6 Å². The lowest BCUT2D eigenvalue weighted by molar-refractivity contribution is -0.117. The summed E-state index contributed by atoms with van der Waals surface area (Å²) in [6, 6.07) is 3.84. The van der Waals surface area contributed by atoms with Gasteiger partial charge in [0.2, 0.25) is 5.91 Å². The van der Waals surface area contributed by atoms with Gasteiger partial charge in [-0.2, -0.15) is 0 Å². The zero-order chi connectivity index (χ0) is 12.0. The maximum absolute atomic E-state index is 12.0. The molecule has 1 aromatic carbocycles. The molecule has 2 heterocycles. The summed E-state index contributed by atoms with van der Waals surface area (Å²) in [5.41, 5.74) is 2.91. The highest BCUT2D eigenvalue weighted by Crippen LogP contribution is 2.38. The Bertz CT molecular complexity index is 489. The average Bonchev–Trinajstić information content (AvgIpc) is 2.31. The molecule has 2 N–H and O–H groups in total. The van der Waals surface area contributed by atoms with Crippen LogP contribution in [0.1, 0.15) is 5.56 Å². The molecule has 5 heteroatoms. The van der Waals surface area contributed by atoms with Crippen molar-refractivity contribution in [3.63, 3.8) is 0 Å². The standard InChI is InChI=1S/C12H14ClN3O/c1-7-4-8(13)11-9(5-7)16-3-2-14-6-10(16)12(17)15-11/h4-5,10,14H,2-3,6H2,1H3,(H,15,17). The van der Waals surface area contributed by atoms with Crippen LogP contribution < -0.4 is 15.5 Å². The molecular weight excluding hydrogens is 238 g/mol. The Morgan fingerprint density at radius 3 is 3.12 bits per heavy atom. The van der Waals surface area contributed by atoms with E-state index in [-0.39, 0.29) is 11.9 Å². The quantitative estimate of drug-likeness (QED) is 0.732. The van der Waals surface area contributed by atoms with Gasteiger partial charge < -0.3 is 15.5 Å². The number of carbonyl (C=O) groups excluding carboxylic acids is 1. The molecule has 3 rings (SSSR count). The minimum Gasteiger partial charge on any atom is -0.355 e. The van der Waals surface area contributed by atoms with E-state index in [0.717, 1.165) is 30.0 Å². The lowest BCUT2D eigenvalue weighted by Gasteiger charge is -2.41. The number of piperazine rings is 1. The zero-order valence-electron chi connectivity index (χ0n) is 9.59. The second-order valence-electron chi connectivity index (χ2n) is 4.54. The Morgan fingerprint density at radius 1 is 1.47 bits per heavy atom. The number of amides is 1. The number of halogens is 1. The van der Waals surface area contributed by atoms with Gasteiger partial charge in [-0.3, -0.25) is 4.79 Å². The number of fused-ring (bicyclic) bond motifs is 3. The number of nitrogens with one attached hydrogen (secondary N) is 2. The molecule has 17 heavy (non-hydrogen) atoms. The fourth-order valence-corrected chi connectivity index (χ4v) is 2.82.